The van der Waals surface area contributed by atoms with Gasteiger partial charge in [0.25, 0.3) is 0 Å². The Morgan fingerprint density at radius 2 is 2.36 bits per heavy atom. The van der Waals surface area contributed by atoms with Crippen LogP contribution in [0.2, 0.25) is 0 Å². The fourth-order valence-electron chi connectivity index (χ4n) is 1.35. The van der Waals surface area contributed by atoms with Gasteiger partial charge < -0.3 is 0 Å². The molecule has 0 aromatic heterocycles. The van der Waals surface area contributed by atoms with Gasteiger partial charge in [-0.25, -0.2) is 0 Å². The molecule has 0 saturated carbocycles. The van der Waals surface area contributed by atoms with Gasteiger partial charge in [0.1, 0.15) is 0 Å². The fourth-order valence-corrected chi connectivity index (χ4v) is 1.60. The van der Waals surface area contributed by atoms with Gasteiger partial charge in [0, 0.05) is 10.5 Å². The van der Waals surface area contributed by atoms with E-state index in [0.29, 0.717) is 0 Å². The van der Waals surface area contributed by atoms with Crippen LogP contribution in [0.3, 0.4) is 0 Å². The van der Waals surface area contributed by atoms with Crippen molar-refractivity contribution in [1.29, 1.82) is 0 Å². The molecule has 2 nitrogen and oxygen atoms in total. The summed E-state index contributed by atoms with van der Waals surface area (Å²) in [6.45, 7) is 5.77. The Balaban J connectivity index is 2.93. The van der Waals surface area contributed by atoms with Crippen LogP contribution < -0.4 is 11.3 Å². The number of hydrogen-bond acceptors (Lipinski definition) is 2. The van der Waals surface area contributed by atoms with Gasteiger partial charge in [-0.3, -0.25) is 11.3 Å². The molecule has 1 aromatic rings. The number of nitrogens with two attached hydrogens (primary N) is 1. The highest BCUT2D eigenvalue weighted by atomic mass is 79.9. The van der Waals surface area contributed by atoms with Crippen molar-refractivity contribution < 1.29 is 0 Å². The Kier molecular flexibility index (Phi) is 4.32. The SMILES string of the molecule is C=CCC(NN)c1ccc(Br)c(C)c1. The van der Waals surface area contributed by atoms with Crippen molar-refractivity contribution >= 4 is 15.9 Å². The molecule has 0 aliphatic rings. The van der Waals surface area contributed by atoms with Crippen LogP contribution in [0.25, 0.3) is 0 Å². The molecule has 0 heterocycles. The molecule has 1 atom stereocenters. The van der Waals surface area contributed by atoms with Crippen LogP contribution >= 0.6 is 15.9 Å². The average Bonchev–Trinajstić information content (AvgIpc) is 2.19. The maximum atomic E-state index is 5.47. The Morgan fingerprint density at radius 3 is 2.86 bits per heavy atom. The molecule has 76 valence electrons. The van der Waals surface area contributed by atoms with Gasteiger partial charge in [0.2, 0.25) is 0 Å². The molecule has 0 saturated heterocycles. The van der Waals surface area contributed by atoms with Crippen molar-refractivity contribution in [2.24, 2.45) is 5.84 Å². The highest BCUT2D eigenvalue weighted by Crippen LogP contribution is 2.22. The summed E-state index contributed by atoms with van der Waals surface area (Å²) in [6.07, 6.45) is 2.69. The summed E-state index contributed by atoms with van der Waals surface area (Å²) in [5.74, 6) is 5.47. The maximum Gasteiger partial charge on any atom is 0.0494 e. The molecule has 0 spiro atoms. The molecule has 1 aromatic carbocycles. The van der Waals surface area contributed by atoms with Crippen LogP contribution in [0.4, 0.5) is 0 Å². The third-order valence-corrected chi connectivity index (χ3v) is 3.08. The van der Waals surface area contributed by atoms with Crippen molar-refractivity contribution in [3.63, 3.8) is 0 Å². The highest BCUT2D eigenvalue weighted by molar-refractivity contribution is 9.10. The van der Waals surface area contributed by atoms with E-state index >= 15 is 0 Å². The lowest BCUT2D eigenvalue weighted by Gasteiger charge is -2.15. The van der Waals surface area contributed by atoms with Crippen molar-refractivity contribution in [3.8, 4) is 0 Å². The molecular formula is C11H15BrN2. The van der Waals surface area contributed by atoms with E-state index in [1.807, 2.05) is 12.1 Å². The van der Waals surface area contributed by atoms with Crippen molar-refractivity contribution in [2.75, 3.05) is 0 Å². The summed E-state index contributed by atoms with van der Waals surface area (Å²) in [5.41, 5.74) is 5.18. The third-order valence-electron chi connectivity index (χ3n) is 2.19. The third kappa shape index (κ3) is 2.67. The zero-order valence-corrected chi connectivity index (χ0v) is 9.84. The van der Waals surface area contributed by atoms with E-state index in [2.05, 4.69) is 47.0 Å². The molecule has 0 bridgehead atoms. The molecule has 0 radical (unpaired) electrons. The molecule has 1 rings (SSSR count). The number of benzene rings is 1. The molecule has 1 unspecified atom stereocenters. The Bertz CT molecular complexity index is 323. The first-order valence-electron chi connectivity index (χ1n) is 4.52. The second kappa shape index (κ2) is 5.29. The van der Waals surface area contributed by atoms with Crippen molar-refractivity contribution in [2.45, 2.75) is 19.4 Å². The molecular weight excluding hydrogens is 240 g/mol. The van der Waals surface area contributed by atoms with Gasteiger partial charge in [-0.15, -0.1) is 6.58 Å². The number of halogens is 1. The molecule has 3 N–H and O–H groups in total. The summed E-state index contributed by atoms with van der Waals surface area (Å²) >= 11 is 3.47. The van der Waals surface area contributed by atoms with Crippen LogP contribution in [0.5, 0.6) is 0 Å². The summed E-state index contributed by atoms with van der Waals surface area (Å²) in [5, 5.41) is 0. The van der Waals surface area contributed by atoms with Crippen LogP contribution in [-0.4, -0.2) is 0 Å². The minimum atomic E-state index is 0.152. The molecule has 0 aliphatic carbocycles. The highest BCUT2D eigenvalue weighted by Gasteiger charge is 2.08. The van der Waals surface area contributed by atoms with Gasteiger partial charge in [-0.1, -0.05) is 34.1 Å². The number of aryl methyl sites for hydroxylation is 1. The van der Waals surface area contributed by atoms with Gasteiger partial charge >= 0.3 is 0 Å². The van der Waals surface area contributed by atoms with E-state index in [-0.39, 0.29) is 6.04 Å². The van der Waals surface area contributed by atoms with Gasteiger partial charge in [-0.2, -0.15) is 0 Å². The van der Waals surface area contributed by atoms with E-state index < -0.39 is 0 Å². The Morgan fingerprint density at radius 1 is 1.64 bits per heavy atom. The van der Waals surface area contributed by atoms with E-state index in [0.717, 1.165) is 10.9 Å². The van der Waals surface area contributed by atoms with Crippen LogP contribution in [0.1, 0.15) is 23.6 Å². The summed E-state index contributed by atoms with van der Waals surface area (Å²) < 4.78 is 1.12. The molecule has 0 amide bonds. The molecule has 0 aliphatic heterocycles. The van der Waals surface area contributed by atoms with Gasteiger partial charge in [0.15, 0.2) is 0 Å². The lowest BCUT2D eigenvalue weighted by Crippen LogP contribution is -2.27. The molecule has 0 fully saturated rings. The number of hydrazine groups is 1. The van der Waals surface area contributed by atoms with E-state index in [1.165, 1.54) is 11.1 Å². The smallest absolute Gasteiger partial charge is 0.0494 e. The first-order chi connectivity index (χ1) is 6.69. The Hall–Kier alpha value is -0.640. The largest absolute Gasteiger partial charge is 0.271 e. The first-order valence-corrected chi connectivity index (χ1v) is 5.31. The van der Waals surface area contributed by atoms with Crippen molar-refractivity contribution in [1.82, 2.24) is 5.43 Å². The zero-order valence-electron chi connectivity index (χ0n) is 8.26. The monoisotopic (exact) mass is 254 g/mol. The van der Waals surface area contributed by atoms with E-state index in [1.54, 1.807) is 0 Å². The van der Waals surface area contributed by atoms with E-state index in [9.17, 15) is 0 Å². The van der Waals surface area contributed by atoms with Crippen LogP contribution in [-0.2, 0) is 0 Å². The van der Waals surface area contributed by atoms with Gasteiger partial charge in [0.05, 0.1) is 0 Å². The second-order valence-electron chi connectivity index (χ2n) is 3.25. The normalized spacial score (nSPS) is 12.5. The molecule has 14 heavy (non-hydrogen) atoms. The fraction of sp³-hybridized carbons (Fsp3) is 0.273. The lowest BCUT2D eigenvalue weighted by molar-refractivity contribution is 0.561. The average molecular weight is 255 g/mol. The first kappa shape index (κ1) is 11.4. The van der Waals surface area contributed by atoms with Crippen LogP contribution in [0.15, 0.2) is 35.3 Å². The lowest BCUT2D eigenvalue weighted by atomic mass is 10.0. The number of rotatable bonds is 4. The number of hydrogen-bond donors (Lipinski definition) is 2. The van der Waals surface area contributed by atoms with Crippen LogP contribution in [0, 0.1) is 6.92 Å². The van der Waals surface area contributed by atoms with Crippen molar-refractivity contribution in [3.05, 3.63) is 46.5 Å². The van der Waals surface area contributed by atoms with Gasteiger partial charge in [-0.05, 0) is 30.5 Å². The predicted octanol–water partition coefficient (Wildman–Crippen LogP) is 2.84. The molecule has 3 heteroatoms. The topological polar surface area (TPSA) is 38.0 Å². The Labute approximate surface area is 93.3 Å². The number of nitrogens with one attached hydrogen (secondary N) is 1. The maximum absolute atomic E-state index is 5.47. The summed E-state index contributed by atoms with van der Waals surface area (Å²) in [4.78, 5) is 0. The zero-order chi connectivity index (χ0) is 10.6. The quantitative estimate of drug-likeness (QED) is 0.493. The van der Waals surface area contributed by atoms with E-state index in [4.69, 9.17) is 5.84 Å². The second-order valence-corrected chi connectivity index (χ2v) is 4.11. The summed E-state index contributed by atoms with van der Waals surface area (Å²) in [6, 6.07) is 6.38. The minimum Gasteiger partial charge on any atom is -0.271 e. The standard InChI is InChI=1S/C11H15BrN2/c1-3-4-11(14-13)9-5-6-10(12)8(2)7-9/h3,5-7,11,14H,1,4,13H2,2H3. The minimum absolute atomic E-state index is 0.152. The summed E-state index contributed by atoms with van der Waals surface area (Å²) in [7, 11) is 0. The predicted molar refractivity (Wildman–Crippen MR) is 63.8 cm³/mol.